The second-order valence-electron chi connectivity index (χ2n) is 5.18. The van der Waals surface area contributed by atoms with Crippen LogP contribution in [0.1, 0.15) is 19.4 Å². The molecule has 2 aromatic carbocycles. The predicted octanol–water partition coefficient (Wildman–Crippen LogP) is 4.14. The van der Waals surface area contributed by atoms with Gasteiger partial charge < -0.3 is 10.1 Å². The SMILES string of the molecule is COc1ccc(-c2ccc(F)cc2F)c(CNC(C)C)c1. The molecule has 0 aliphatic heterocycles. The summed E-state index contributed by atoms with van der Waals surface area (Å²) >= 11 is 0. The first kappa shape index (κ1) is 15.4. The lowest BCUT2D eigenvalue weighted by atomic mass is 9.98. The lowest BCUT2D eigenvalue weighted by Gasteiger charge is -2.15. The number of hydrogen-bond donors (Lipinski definition) is 1. The number of ether oxygens (including phenoxy) is 1. The molecule has 0 atom stereocenters. The average Bonchev–Trinajstić information content (AvgIpc) is 2.45. The van der Waals surface area contributed by atoms with E-state index in [0.717, 1.165) is 17.2 Å². The van der Waals surface area contributed by atoms with Crippen molar-refractivity contribution < 1.29 is 13.5 Å². The van der Waals surface area contributed by atoms with Crippen molar-refractivity contribution in [2.75, 3.05) is 7.11 Å². The molecule has 0 heterocycles. The number of benzene rings is 2. The van der Waals surface area contributed by atoms with E-state index in [9.17, 15) is 8.78 Å². The Hall–Kier alpha value is -1.94. The number of methoxy groups -OCH3 is 1. The molecule has 1 N–H and O–H groups in total. The predicted molar refractivity (Wildman–Crippen MR) is 80.3 cm³/mol. The zero-order valence-corrected chi connectivity index (χ0v) is 12.4. The lowest BCUT2D eigenvalue weighted by Crippen LogP contribution is -2.22. The number of halogens is 2. The molecule has 2 aromatic rings. The maximum Gasteiger partial charge on any atom is 0.133 e. The molecule has 4 heteroatoms. The highest BCUT2D eigenvalue weighted by molar-refractivity contribution is 5.69. The molecule has 0 aliphatic carbocycles. The fraction of sp³-hybridized carbons (Fsp3) is 0.294. The van der Waals surface area contributed by atoms with E-state index in [1.165, 1.54) is 12.1 Å². The molecule has 2 nitrogen and oxygen atoms in total. The minimum absolute atomic E-state index is 0.308. The van der Waals surface area contributed by atoms with Gasteiger partial charge in [0.15, 0.2) is 0 Å². The van der Waals surface area contributed by atoms with Crippen molar-refractivity contribution in [3.63, 3.8) is 0 Å². The highest BCUT2D eigenvalue weighted by Gasteiger charge is 2.12. The Morgan fingerprint density at radius 2 is 1.76 bits per heavy atom. The van der Waals surface area contributed by atoms with Crippen molar-refractivity contribution in [3.05, 3.63) is 53.6 Å². The number of hydrogen-bond acceptors (Lipinski definition) is 2. The largest absolute Gasteiger partial charge is 0.497 e. The van der Waals surface area contributed by atoms with E-state index in [-0.39, 0.29) is 0 Å². The maximum absolute atomic E-state index is 14.0. The molecule has 21 heavy (non-hydrogen) atoms. The van der Waals surface area contributed by atoms with Gasteiger partial charge in [-0.1, -0.05) is 19.9 Å². The van der Waals surface area contributed by atoms with Gasteiger partial charge in [0.05, 0.1) is 7.11 Å². The van der Waals surface area contributed by atoms with E-state index in [1.54, 1.807) is 19.2 Å². The molecular formula is C17H19F2NO. The van der Waals surface area contributed by atoms with Gasteiger partial charge in [0.1, 0.15) is 17.4 Å². The minimum atomic E-state index is -0.577. The summed E-state index contributed by atoms with van der Waals surface area (Å²) < 4.78 is 32.3. The third kappa shape index (κ3) is 3.79. The summed E-state index contributed by atoms with van der Waals surface area (Å²) in [5.74, 6) is -0.431. The van der Waals surface area contributed by atoms with Gasteiger partial charge in [-0.15, -0.1) is 0 Å². The molecule has 2 rings (SSSR count). The van der Waals surface area contributed by atoms with E-state index >= 15 is 0 Å². The Morgan fingerprint density at radius 3 is 2.38 bits per heavy atom. The van der Waals surface area contributed by atoms with Crippen LogP contribution in [0.15, 0.2) is 36.4 Å². The van der Waals surface area contributed by atoms with Crippen LogP contribution >= 0.6 is 0 Å². The third-order valence-corrected chi connectivity index (χ3v) is 3.23. The summed E-state index contributed by atoms with van der Waals surface area (Å²) in [5, 5.41) is 3.30. The molecule has 0 aromatic heterocycles. The smallest absolute Gasteiger partial charge is 0.133 e. The molecule has 112 valence electrons. The molecule has 0 fully saturated rings. The number of rotatable bonds is 5. The molecule has 0 aliphatic rings. The lowest BCUT2D eigenvalue weighted by molar-refractivity contribution is 0.414. The highest BCUT2D eigenvalue weighted by Crippen LogP contribution is 2.30. The van der Waals surface area contributed by atoms with Gasteiger partial charge in [-0.25, -0.2) is 8.78 Å². The summed E-state index contributed by atoms with van der Waals surface area (Å²) in [6.07, 6.45) is 0. The molecule has 0 saturated carbocycles. The second kappa shape index (κ2) is 6.68. The monoisotopic (exact) mass is 291 g/mol. The molecule has 0 amide bonds. The first-order valence-electron chi connectivity index (χ1n) is 6.87. The molecule has 0 spiro atoms. The van der Waals surface area contributed by atoms with Crippen molar-refractivity contribution >= 4 is 0 Å². The van der Waals surface area contributed by atoms with Gasteiger partial charge in [-0.2, -0.15) is 0 Å². The second-order valence-corrected chi connectivity index (χ2v) is 5.18. The molecule has 0 radical (unpaired) electrons. The summed E-state index contributed by atoms with van der Waals surface area (Å²) in [6.45, 7) is 4.66. The molecule has 0 bridgehead atoms. The first-order valence-corrected chi connectivity index (χ1v) is 6.87. The van der Waals surface area contributed by atoms with Crippen molar-refractivity contribution in [1.82, 2.24) is 5.32 Å². The Balaban J connectivity index is 2.45. The fourth-order valence-corrected chi connectivity index (χ4v) is 2.13. The standard InChI is InChI=1S/C17H19F2NO/c1-11(2)20-10-12-8-14(21-3)5-7-15(12)16-6-4-13(18)9-17(16)19/h4-9,11,20H,10H2,1-3H3. The normalized spacial score (nSPS) is 11.0. The van der Waals surface area contributed by atoms with Crippen molar-refractivity contribution in [2.24, 2.45) is 0 Å². The van der Waals surface area contributed by atoms with Crippen LogP contribution in [0.3, 0.4) is 0 Å². The van der Waals surface area contributed by atoms with Crippen LogP contribution in [-0.4, -0.2) is 13.2 Å². The summed E-state index contributed by atoms with van der Waals surface area (Å²) in [7, 11) is 1.59. The van der Waals surface area contributed by atoms with E-state index in [2.05, 4.69) is 5.32 Å². The molecule has 0 saturated heterocycles. The van der Waals surface area contributed by atoms with Gasteiger partial charge >= 0.3 is 0 Å². The van der Waals surface area contributed by atoms with Gasteiger partial charge in [0, 0.05) is 24.2 Å². The van der Waals surface area contributed by atoms with E-state index in [4.69, 9.17) is 4.74 Å². The van der Waals surface area contributed by atoms with Gasteiger partial charge in [-0.05, 0) is 35.4 Å². The van der Waals surface area contributed by atoms with Crippen LogP contribution in [0.25, 0.3) is 11.1 Å². The Kier molecular flexibility index (Phi) is 4.91. The first-order chi connectivity index (χ1) is 10.0. The van der Waals surface area contributed by atoms with Crippen molar-refractivity contribution in [1.29, 1.82) is 0 Å². The Labute approximate surface area is 123 Å². The quantitative estimate of drug-likeness (QED) is 0.894. The van der Waals surface area contributed by atoms with Crippen LogP contribution in [0.4, 0.5) is 8.78 Å². The topological polar surface area (TPSA) is 21.3 Å². The van der Waals surface area contributed by atoms with Crippen LogP contribution in [0, 0.1) is 11.6 Å². The summed E-state index contributed by atoms with van der Waals surface area (Å²) in [6, 6.07) is 9.38. The van der Waals surface area contributed by atoms with E-state index < -0.39 is 11.6 Å². The Bertz CT molecular complexity index is 626. The summed E-state index contributed by atoms with van der Waals surface area (Å²) in [4.78, 5) is 0. The van der Waals surface area contributed by atoms with Gasteiger partial charge in [0.25, 0.3) is 0 Å². The molecular weight excluding hydrogens is 272 g/mol. The van der Waals surface area contributed by atoms with Gasteiger partial charge in [0.2, 0.25) is 0 Å². The van der Waals surface area contributed by atoms with Crippen LogP contribution < -0.4 is 10.1 Å². The number of nitrogens with one attached hydrogen (secondary N) is 1. The average molecular weight is 291 g/mol. The third-order valence-electron chi connectivity index (χ3n) is 3.23. The zero-order valence-electron chi connectivity index (χ0n) is 12.4. The zero-order chi connectivity index (χ0) is 15.4. The Morgan fingerprint density at radius 1 is 1.05 bits per heavy atom. The van der Waals surface area contributed by atoms with E-state index in [0.29, 0.717) is 23.9 Å². The minimum Gasteiger partial charge on any atom is -0.497 e. The highest BCUT2D eigenvalue weighted by atomic mass is 19.1. The fourth-order valence-electron chi connectivity index (χ4n) is 2.13. The van der Waals surface area contributed by atoms with Crippen LogP contribution in [0.5, 0.6) is 5.75 Å². The van der Waals surface area contributed by atoms with Crippen molar-refractivity contribution in [2.45, 2.75) is 26.4 Å². The molecule has 0 unspecified atom stereocenters. The summed E-state index contributed by atoms with van der Waals surface area (Å²) in [5.41, 5.74) is 2.04. The maximum atomic E-state index is 14.0. The van der Waals surface area contributed by atoms with Crippen molar-refractivity contribution in [3.8, 4) is 16.9 Å². The van der Waals surface area contributed by atoms with Crippen LogP contribution in [-0.2, 0) is 6.54 Å². The van der Waals surface area contributed by atoms with E-state index in [1.807, 2.05) is 19.9 Å². The van der Waals surface area contributed by atoms with Crippen LogP contribution in [0.2, 0.25) is 0 Å². The van der Waals surface area contributed by atoms with Gasteiger partial charge in [-0.3, -0.25) is 0 Å².